The summed E-state index contributed by atoms with van der Waals surface area (Å²) in [5.41, 5.74) is 0.963. The van der Waals surface area contributed by atoms with E-state index in [-0.39, 0.29) is 0 Å². The van der Waals surface area contributed by atoms with Crippen LogP contribution in [0.5, 0.6) is 0 Å². The molecule has 0 bridgehead atoms. The fourth-order valence-corrected chi connectivity index (χ4v) is 1.94. The zero-order chi connectivity index (χ0) is 13.0. The molecule has 0 amide bonds. The van der Waals surface area contributed by atoms with Gasteiger partial charge in [0.1, 0.15) is 12.4 Å². The molecule has 2 rings (SSSR count). The molecule has 0 aliphatic carbocycles. The van der Waals surface area contributed by atoms with Gasteiger partial charge >= 0.3 is 0 Å². The van der Waals surface area contributed by atoms with Crippen molar-refractivity contribution in [2.24, 2.45) is 0 Å². The fourth-order valence-electron chi connectivity index (χ4n) is 1.61. The van der Waals surface area contributed by atoms with Crippen molar-refractivity contribution in [2.75, 3.05) is 11.9 Å². The van der Waals surface area contributed by atoms with E-state index >= 15 is 0 Å². The third kappa shape index (κ3) is 3.53. The Hall–Kier alpha value is -1.43. The maximum atomic E-state index is 4.48. The highest BCUT2D eigenvalue weighted by molar-refractivity contribution is 9.10. The van der Waals surface area contributed by atoms with E-state index in [1.165, 1.54) is 0 Å². The summed E-state index contributed by atoms with van der Waals surface area (Å²) in [5, 5.41) is 7.48. The standard InChI is InChI=1S/C12H16BrN5/c1-3-4-14-11-5-9(2)16-12(17-11)8-18-7-10(13)6-15-18/h5-7H,3-4,8H2,1-2H3,(H,14,16,17). The van der Waals surface area contributed by atoms with E-state index in [1.807, 2.05) is 23.9 Å². The minimum atomic E-state index is 0.577. The zero-order valence-corrected chi connectivity index (χ0v) is 12.1. The van der Waals surface area contributed by atoms with Gasteiger partial charge in [-0.2, -0.15) is 5.10 Å². The van der Waals surface area contributed by atoms with Crippen molar-refractivity contribution < 1.29 is 0 Å². The normalized spacial score (nSPS) is 10.6. The molecule has 2 aromatic rings. The molecule has 6 heteroatoms. The van der Waals surface area contributed by atoms with Gasteiger partial charge in [0.15, 0.2) is 5.82 Å². The highest BCUT2D eigenvalue weighted by Gasteiger charge is 2.04. The maximum Gasteiger partial charge on any atom is 0.152 e. The minimum absolute atomic E-state index is 0.577. The molecule has 0 saturated carbocycles. The molecule has 18 heavy (non-hydrogen) atoms. The molecule has 0 spiro atoms. The van der Waals surface area contributed by atoms with Crippen LogP contribution >= 0.6 is 15.9 Å². The van der Waals surface area contributed by atoms with Crippen LogP contribution in [0, 0.1) is 6.92 Å². The Bertz CT molecular complexity index is 523. The lowest BCUT2D eigenvalue weighted by molar-refractivity contribution is 0.653. The average Bonchev–Trinajstić information content (AvgIpc) is 2.71. The van der Waals surface area contributed by atoms with Crippen molar-refractivity contribution in [1.29, 1.82) is 0 Å². The monoisotopic (exact) mass is 309 g/mol. The van der Waals surface area contributed by atoms with Crippen molar-refractivity contribution in [2.45, 2.75) is 26.8 Å². The van der Waals surface area contributed by atoms with Crippen LogP contribution in [0.1, 0.15) is 24.9 Å². The van der Waals surface area contributed by atoms with Gasteiger partial charge in [0.2, 0.25) is 0 Å². The highest BCUT2D eigenvalue weighted by atomic mass is 79.9. The number of rotatable bonds is 5. The first-order valence-electron chi connectivity index (χ1n) is 5.93. The van der Waals surface area contributed by atoms with Crippen molar-refractivity contribution in [1.82, 2.24) is 19.7 Å². The molecule has 1 N–H and O–H groups in total. The third-order valence-corrected chi connectivity index (χ3v) is 2.77. The van der Waals surface area contributed by atoms with Crippen molar-refractivity contribution in [3.8, 4) is 0 Å². The Balaban J connectivity index is 2.14. The lowest BCUT2D eigenvalue weighted by Crippen LogP contribution is -2.09. The molecule has 0 saturated heterocycles. The number of nitrogens with zero attached hydrogens (tertiary/aromatic N) is 4. The van der Waals surface area contributed by atoms with Crippen LogP contribution in [0.4, 0.5) is 5.82 Å². The number of nitrogens with one attached hydrogen (secondary N) is 1. The smallest absolute Gasteiger partial charge is 0.152 e. The van der Waals surface area contributed by atoms with Crippen molar-refractivity contribution in [3.63, 3.8) is 0 Å². The Labute approximate surface area is 115 Å². The predicted octanol–water partition coefficient (Wildman–Crippen LogP) is 2.61. The van der Waals surface area contributed by atoms with Crippen LogP contribution in [0.25, 0.3) is 0 Å². The summed E-state index contributed by atoms with van der Waals surface area (Å²) in [7, 11) is 0. The first kappa shape index (κ1) is 13.0. The Morgan fingerprint density at radius 1 is 1.39 bits per heavy atom. The van der Waals surface area contributed by atoms with Gasteiger partial charge in [0, 0.05) is 24.5 Å². The van der Waals surface area contributed by atoms with Crippen LogP contribution in [0.15, 0.2) is 22.9 Å². The third-order valence-electron chi connectivity index (χ3n) is 2.36. The van der Waals surface area contributed by atoms with E-state index in [0.29, 0.717) is 6.54 Å². The number of anilines is 1. The van der Waals surface area contributed by atoms with Crippen LogP contribution in [0.3, 0.4) is 0 Å². The lowest BCUT2D eigenvalue weighted by atomic mass is 10.4. The molecule has 0 aliphatic rings. The second kappa shape index (κ2) is 5.95. The first-order chi connectivity index (χ1) is 8.67. The van der Waals surface area contributed by atoms with E-state index in [0.717, 1.165) is 34.8 Å². The number of aromatic nitrogens is 4. The van der Waals surface area contributed by atoms with E-state index in [1.54, 1.807) is 6.20 Å². The Kier molecular flexibility index (Phi) is 4.30. The largest absolute Gasteiger partial charge is 0.370 e. The Morgan fingerprint density at radius 2 is 2.22 bits per heavy atom. The summed E-state index contributed by atoms with van der Waals surface area (Å²) >= 11 is 3.37. The first-order valence-corrected chi connectivity index (χ1v) is 6.73. The SMILES string of the molecule is CCCNc1cc(C)nc(Cn2cc(Br)cn2)n1. The molecular formula is C12H16BrN5. The van der Waals surface area contributed by atoms with Crippen LogP contribution in [-0.4, -0.2) is 26.3 Å². The second-order valence-corrected chi connectivity index (χ2v) is 5.01. The van der Waals surface area contributed by atoms with Crippen LogP contribution in [-0.2, 0) is 6.54 Å². The molecule has 0 unspecified atom stereocenters. The van der Waals surface area contributed by atoms with E-state index in [4.69, 9.17) is 0 Å². The van der Waals surface area contributed by atoms with Gasteiger partial charge in [-0.05, 0) is 29.3 Å². The van der Waals surface area contributed by atoms with Gasteiger partial charge < -0.3 is 5.32 Å². The van der Waals surface area contributed by atoms with Crippen LogP contribution in [0.2, 0.25) is 0 Å². The summed E-state index contributed by atoms with van der Waals surface area (Å²) in [6.45, 7) is 5.60. The average molecular weight is 310 g/mol. The van der Waals surface area contributed by atoms with Gasteiger partial charge in [-0.25, -0.2) is 9.97 Å². The molecule has 0 fully saturated rings. The van der Waals surface area contributed by atoms with Gasteiger partial charge in [0.25, 0.3) is 0 Å². The number of hydrogen-bond acceptors (Lipinski definition) is 4. The molecule has 0 radical (unpaired) electrons. The second-order valence-electron chi connectivity index (χ2n) is 4.09. The topological polar surface area (TPSA) is 55.6 Å². The van der Waals surface area contributed by atoms with Gasteiger partial charge in [-0.15, -0.1) is 0 Å². The highest BCUT2D eigenvalue weighted by Crippen LogP contribution is 2.10. The van der Waals surface area contributed by atoms with Crippen molar-refractivity contribution >= 4 is 21.7 Å². The molecule has 0 atom stereocenters. The summed E-state index contributed by atoms with van der Waals surface area (Å²) in [4.78, 5) is 8.90. The summed E-state index contributed by atoms with van der Waals surface area (Å²) in [5.74, 6) is 1.65. The predicted molar refractivity (Wildman–Crippen MR) is 74.6 cm³/mol. The lowest BCUT2D eigenvalue weighted by Gasteiger charge is -2.07. The molecule has 0 aromatic carbocycles. The fraction of sp³-hybridized carbons (Fsp3) is 0.417. The Morgan fingerprint density at radius 3 is 2.89 bits per heavy atom. The number of aryl methyl sites for hydroxylation is 1. The minimum Gasteiger partial charge on any atom is -0.370 e. The molecule has 5 nitrogen and oxygen atoms in total. The number of halogens is 1. The van der Waals surface area contributed by atoms with Gasteiger partial charge in [-0.3, -0.25) is 4.68 Å². The molecule has 2 aromatic heterocycles. The quantitative estimate of drug-likeness (QED) is 0.922. The molecular weight excluding hydrogens is 294 g/mol. The summed E-state index contributed by atoms with van der Waals surface area (Å²) in [6.07, 6.45) is 4.74. The van der Waals surface area contributed by atoms with E-state index in [2.05, 4.69) is 43.2 Å². The van der Waals surface area contributed by atoms with Crippen molar-refractivity contribution in [3.05, 3.63) is 34.5 Å². The molecule has 2 heterocycles. The van der Waals surface area contributed by atoms with Gasteiger partial charge in [0.05, 0.1) is 10.7 Å². The summed E-state index contributed by atoms with van der Waals surface area (Å²) < 4.78 is 2.77. The maximum absolute atomic E-state index is 4.48. The van der Waals surface area contributed by atoms with E-state index < -0.39 is 0 Å². The van der Waals surface area contributed by atoms with Crippen LogP contribution < -0.4 is 5.32 Å². The van der Waals surface area contributed by atoms with E-state index in [9.17, 15) is 0 Å². The number of hydrogen-bond donors (Lipinski definition) is 1. The molecule has 0 aliphatic heterocycles. The molecule has 96 valence electrons. The van der Waals surface area contributed by atoms with Gasteiger partial charge in [-0.1, -0.05) is 6.92 Å². The zero-order valence-electron chi connectivity index (χ0n) is 10.5. The summed E-state index contributed by atoms with van der Waals surface area (Å²) in [6, 6.07) is 1.96.